The molecule has 1 aliphatic heterocycles. The van der Waals surface area contributed by atoms with Crippen molar-refractivity contribution in [2.75, 3.05) is 4.90 Å². The lowest BCUT2D eigenvalue weighted by molar-refractivity contribution is -0.384. The fraction of sp³-hybridized carbons (Fsp3) is 0.273. The average molecular weight is 455 g/mol. The minimum Gasteiger partial charge on any atom is -0.384 e. The number of hydrogen-bond donors (Lipinski definition) is 1. The molecule has 1 aliphatic carbocycles. The van der Waals surface area contributed by atoms with Crippen LogP contribution < -0.4 is 10.6 Å². The third-order valence-corrected chi connectivity index (χ3v) is 6.99. The highest BCUT2D eigenvalue weighted by molar-refractivity contribution is 7.12. The number of nitrogens with zero attached hydrogens (tertiary/aromatic N) is 3. The fourth-order valence-corrected chi connectivity index (χ4v) is 5.56. The molecule has 4 rings (SSSR count). The van der Waals surface area contributed by atoms with Gasteiger partial charge in [-0.2, -0.15) is 5.26 Å². The molecule has 2 aromatic rings. The summed E-state index contributed by atoms with van der Waals surface area (Å²) in [5.41, 5.74) is 9.07. The predicted molar refractivity (Wildman–Crippen MR) is 120 cm³/mol. The van der Waals surface area contributed by atoms with Crippen molar-refractivity contribution in [3.8, 4) is 6.07 Å². The maximum absolute atomic E-state index is 13.1. The Morgan fingerprint density at radius 1 is 1.32 bits per heavy atom. The molecule has 2 aliphatic rings. The van der Waals surface area contributed by atoms with Crippen LogP contribution in [0.2, 0.25) is 5.02 Å². The summed E-state index contributed by atoms with van der Waals surface area (Å²) in [6, 6.07) is 8.58. The first-order valence-corrected chi connectivity index (χ1v) is 10.9. The van der Waals surface area contributed by atoms with Crippen molar-refractivity contribution in [1.82, 2.24) is 0 Å². The third kappa shape index (κ3) is 3.40. The second kappa shape index (κ2) is 7.84. The molecule has 0 spiro atoms. The van der Waals surface area contributed by atoms with Crippen LogP contribution >= 0.6 is 22.9 Å². The molecule has 0 amide bonds. The average Bonchev–Trinajstić information content (AvgIpc) is 3.05. The number of anilines is 1. The van der Waals surface area contributed by atoms with Crippen molar-refractivity contribution in [2.45, 2.75) is 39.0 Å². The first-order chi connectivity index (χ1) is 14.7. The number of Topliss-reactive ketones (excluding diaryl/α,β-unsaturated/α-hetero) is 1. The Hall–Kier alpha value is -3.15. The number of nitro groups is 1. The maximum Gasteiger partial charge on any atom is 0.289 e. The van der Waals surface area contributed by atoms with Crippen LogP contribution in [0.25, 0.3) is 0 Å². The predicted octanol–water partition coefficient (Wildman–Crippen LogP) is 5.23. The summed E-state index contributed by atoms with van der Waals surface area (Å²) in [4.78, 5) is 27.7. The van der Waals surface area contributed by atoms with Crippen molar-refractivity contribution in [1.29, 1.82) is 5.26 Å². The molecule has 7 nitrogen and oxygen atoms in total. The number of carbonyl (C=O) groups excluding carboxylic acids is 1. The topological polar surface area (TPSA) is 113 Å². The fourth-order valence-electron chi connectivity index (χ4n) is 4.41. The highest BCUT2D eigenvalue weighted by Gasteiger charge is 2.41. The van der Waals surface area contributed by atoms with Crippen LogP contribution in [0.5, 0.6) is 0 Å². The summed E-state index contributed by atoms with van der Waals surface area (Å²) in [7, 11) is 0. The lowest BCUT2D eigenvalue weighted by Crippen LogP contribution is -2.38. The molecule has 0 saturated carbocycles. The van der Waals surface area contributed by atoms with Crippen LogP contribution in [-0.2, 0) is 4.79 Å². The van der Waals surface area contributed by atoms with Crippen LogP contribution in [-0.4, -0.2) is 10.7 Å². The number of carbonyl (C=O) groups is 1. The number of nitriles is 1. The van der Waals surface area contributed by atoms with Gasteiger partial charge in [0.2, 0.25) is 0 Å². The van der Waals surface area contributed by atoms with E-state index in [2.05, 4.69) is 6.07 Å². The van der Waals surface area contributed by atoms with Gasteiger partial charge in [-0.15, -0.1) is 11.3 Å². The second-order valence-corrected chi connectivity index (χ2v) is 9.45. The van der Waals surface area contributed by atoms with Gasteiger partial charge in [-0.05, 0) is 50.5 Å². The minimum absolute atomic E-state index is 0.00462. The molecular weight excluding hydrogens is 436 g/mol. The maximum atomic E-state index is 13.1. The first-order valence-electron chi connectivity index (χ1n) is 9.71. The molecule has 31 heavy (non-hydrogen) atoms. The Morgan fingerprint density at radius 3 is 2.68 bits per heavy atom. The van der Waals surface area contributed by atoms with Crippen LogP contribution in [0.3, 0.4) is 0 Å². The van der Waals surface area contributed by atoms with E-state index in [1.54, 1.807) is 22.3 Å². The normalized spacial score (nSPS) is 18.8. The monoisotopic (exact) mass is 454 g/mol. The SMILES string of the molecule is Cc1cc(C2C(C#N)=C(N)N(c3ccc(Cl)c([N+](=O)[O-])c3)C3=C2C(=O)CCC3)c(C)s1. The van der Waals surface area contributed by atoms with Gasteiger partial charge in [-0.25, -0.2) is 0 Å². The number of hydrogen-bond acceptors (Lipinski definition) is 7. The number of thiophene rings is 1. The zero-order chi connectivity index (χ0) is 22.4. The van der Waals surface area contributed by atoms with Gasteiger partial charge in [0.1, 0.15) is 10.8 Å². The van der Waals surface area contributed by atoms with E-state index in [1.807, 2.05) is 19.9 Å². The van der Waals surface area contributed by atoms with Gasteiger partial charge in [0.05, 0.1) is 28.2 Å². The molecule has 2 heterocycles. The van der Waals surface area contributed by atoms with Gasteiger partial charge in [0.15, 0.2) is 5.78 Å². The number of halogens is 1. The molecule has 0 fully saturated rings. The Labute approximate surface area is 188 Å². The first kappa shape index (κ1) is 21.1. The Morgan fingerprint density at radius 2 is 2.06 bits per heavy atom. The van der Waals surface area contributed by atoms with E-state index in [-0.39, 0.29) is 27.9 Å². The number of nitro benzene ring substituents is 1. The van der Waals surface area contributed by atoms with Crippen molar-refractivity contribution in [2.24, 2.45) is 5.73 Å². The van der Waals surface area contributed by atoms with Gasteiger partial charge in [-0.3, -0.25) is 19.8 Å². The molecule has 1 aromatic carbocycles. The number of rotatable bonds is 3. The molecule has 1 aromatic heterocycles. The summed E-state index contributed by atoms with van der Waals surface area (Å²) in [6.45, 7) is 3.96. The van der Waals surface area contributed by atoms with E-state index in [9.17, 15) is 20.2 Å². The Balaban J connectivity index is 1.99. The van der Waals surface area contributed by atoms with Crippen LogP contribution in [0.1, 0.15) is 40.5 Å². The second-order valence-electron chi connectivity index (χ2n) is 7.58. The van der Waals surface area contributed by atoms with Crippen molar-refractivity contribution >= 4 is 40.1 Å². The zero-order valence-corrected chi connectivity index (χ0v) is 18.5. The zero-order valence-electron chi connectivity index (χ0n) is 16.9. The van der Waals surface area contributed by atoms with Crippen molar-refractivity contribution in [3.05, 3.63) is 77.4 Å². The van der Waals surface area contributed by atoms with Crippen LogP contribution in [0.4, 0.5) is 11.4 Å². The molecule has 9 heteroatoms. The molecule has 2 N–H and O–H groups in total. The lowest BCUT2D eigenvalue weighted by atomic mass is 9.75. The number of aryl methyl sites for hydroxylation is 2. The Kier molecular flexibility index (Phi) is 5.33. The highest BCUT2D eigenvalue weighted by atomic mass is 35.5. The summed E-state index contributed by atoms with van der Waals surface area (Å²) < 4.78 is 0. The minimum atomic E-state index is -0.567. The van der Waals surface area contributed by atoms with E-state index in [4.69, 9.17) is 17.3 Å². The smallest absolute Gasteiger partial charge is 0.289 e. The molecule has 1 unspecified atom stereocenters. The van der Waals surface area contributed by atoms with Gasteiger partial charge >= 0.3 is 0 Å². The number of nitrogens with two attached hydrogens (primary N) is 1. The molecule has 0 radical (unpaired) electrons. The number of ketones is 1. The van der Waals surface area contributed by atoms with Crippen molar-refractivity contribution < 1.29 is 9.72 Å². The summed E-state index contributed by atoms with van der Waals surface area (Å²) in [6.07, 6.45) is 1.62. The summed E-state index contributed by atoms with van der Waals surface area (Å²) >= 11 is 7.60. The van der Waals surface area contributed by atoms with Crippen molar-refractivity contribution in [3.63, 3.8) is 0 Å². The van der Waals surface area contributed by atoms with Crippen LogP contribution in [0.15, 0.2) is 46.9 Å². The molecule has 0 bridgehead atoms. The van der Waals surface area contributed by atoms with E-state index >= 15 is 0 Å². The lowest BCUT2D eigenvalue weighted by Gasteiger charge is -2.39. The van der Waals surface area contributed by atoms with Gasteiger partial charge in [0.25, 0.3) is 5.69 Å². The van der Waals surface area contributed by atoms with E-state index in [0.29, 0.717) is 36.2 Å². The Bertz CT molecular complexity index is 1240. The standard InChI is InChI=1S/C22H19ClN4O3S/c1-11-8-14(12(2)31-11)20-15(10-24)22(25)26(17-4-3-5-19(28)21(17)20)13-6-7-16(23)18(9-13)27(29)30/h6-9,20H,3-5,25H2,1-2H3. The van der Waals surface area contributed by atoms with E-state index in [1.165, 1.54) is 12.1 Å². The number of allylic oxidation sites excluding steroid dienone is 3. The van der Waals surface area contributed by atoms with E-state index in [0.717, 1.165) is 15.3 Å². The molecule has 158 valence electrons. The largest absolute Gasteiger partial charge is 0.384 e. The third-order valence-electron chi connectivity index (χ3n) is 5.69. The molecule has 1 atom stereocenters. The quantitative estimate of drug-likeness (QED) is 0.501. The van der Waals surface area contributed by atoms with Gasteiger partial charge in [0, 0.05) is 33.5 Å². The summed E-state index contributed by atoms with van der Waals surface area (Å²) in [5, 5.41) is 21.5. The van der Waals surface area contributed by atoms with E-state index < -0.39 is 10.8 Å². The highest BCUT2D eigenvalue weighted by Crippen LogP contribution is 2.48. The molecular formula is C22H19ClN4O3S. The summed E-state index contributed by atoms with van der Waals surface area (Å²) in [5.74, 6) is -0.375. The van der Waals surface area contributed by atoms with Gasteiger partial charge < -0.3 is 5.73 Å². The van der Waals surface area contributed by atoms with Gasteiger partial charge in [-0.1, -0.05) is 11.6 Å². The molecule has 0 saturated heterocycles. The number of benzene rings is 1. The van der Waals surface area contributed by atoms with Crippen LogP contribution in [0, 0.1) is 35.3 Å².